The van der Waals surface area contributed by atoms with Gasteiger partial charge >= 0.3 is 0 Å². The minimum atomic E-state index is 0.725. The Morgan fingerprint density at radius 1 is 1.33 bits per heavy atom. The first-order chi connectivity index (χ1) is 8.67. The lowest BCUT2D eigenvalue weighted by molar-refractivity contribution is 0.763. The van der Waals surface area contributed by atoms with Gasteiger partial charge in [0.15, 0.2) is 5.82 Å². The Morgan fingerprint density at radius 3 is 2.78 bits per heavy atom. The Bertz CT molecular complexity index is 549. The fraction of sp³-hybridized carbons (Fsp3) is 0.417. The van der Waals surface area contributed by atoms with E-state index < -0.39 is 0 Å². The van der Waals surface area contributed by atoms with Crippen molar-refractivity contribution in [3.05, 3.63) is 21.8 Å². The van der Waals surface area contributed by atoms with Gasteiger partial charge in [-0.05, 0) is 43.4 Å². The van der Waals surface area contributed by atoms with Crippen molar-refractivity contribution in [1.29, 1.82) is 0 Å². The molecule has 96 valence electrons. The molecule has 0 atom stereocenters. The molecular formula is C12H16IN5. The maximum Gasteiger partial charge on any atom is 0.180 e. The molecule has 0 amide bonds. The molecule has 0 saturated carbocycles. The van der Waals surface area contributed by atoms with Crippen LogP contribution in [-0.4, -0.2) is 26.1 Å². The molecule has 0 bridgehead atoms. The summed E-state index contributed by atoms with van der Waals surface area (Å²) in [5.74, 6) is 1.62. The van der Waals surface area contributed by atoms with Crippen molar-refractivity contribution in [3.63, 3.8) is 0 Å². The Hall–Kier alpha value is -1.18. The number of hydrogen-bond acceptors (Lipinski definition) is 4. The SMILES string of the molecule is CCNc1nc(-c2cncn2CC)nc(C)c1I. The highest BCUT2D eigenvalue weighted by atomic mass is 127. The van der Waals surface area contributed by atoms with Crippen LogP contribution in [0, 0.1) is 10.5 Å². The number of nitrogens with one attached hydrogen (secondary N) is 1. The van der Waals surface area contributed by atoms with Crippen LogP contribution in [0.1, 0.15) is 19.5 Å². The summed E-state index contributed by atoms with van der Waals surface area (Å²) in [5.41, 5.74) is 1.94. The predicted octanol–water partition coefficient (Wildman–Crippen LogP) is 2.70. The molecule has 0 spiro atoms. The normalized spacial score (nSPS) is 10.7. The van der Waals surface area contributed by atoms with E-state index in [0.29, 0.717) is 0 Å². The molecule has 18 heavy (non-hydrogen) atoms. The average molecular weight is 357 g/mol. The molecule has 0 unspecified atom stereocenters. The second kappa shape index (κ2) is 5.64. The van der Waals surface area contributed by atoms with Crippen molar-refractivity contribution >= 4 is 28.4 Å². The average Bonchev–Trinajstić information content (AvgIpc) is 2.83. The van der Waals surface area contributed by atoms with Gasteiger partial charge in [0.1, 0.15) is 11.5 Å². The Balaban J connectivity index is 2.52. The third kappa shape index (κ3) is 2.47. The minimum Gasteiger partial charge on any atom is -0.369 e. The minimum absolute atomic E-state index is 0.725. The van der Waals surface area contributed by atoms with Gasteiger partial charge in [0.05, 0.1) is 21.8 Å². The van der Waals surface area contributed by atoms with Crippen molar-refractivity contribution in [1.82, 2.24) is 19.5 Å². The lowest BCUT2D eigenvalue weighted by Crippen LogP contribution is -2.07. The maximum absolute atomic E-state index is 4.58. The van der Waals surface area contributed by atoms with Gasteiger partial charge in [0, 0.05) is 13.1 Å². The monoisotopic (exact) mass is 357 g/mol. The van der Waals surface area contributed by atoms with Crippen LogP contribution in [0.4, 0.5) is 5.82 Å². The summed E-state index contributed by atoms with van der Waals surface area (Å²) in [7, 11) is 0. The summed E-state index contributed by atoms with van der Waals surface area (Å²) in [6.07, 6.45) is 3.61. The molecule has 0 fully saturated rings. The fourth-order valence-corrected chi connectivity index (χ4v) is 2.15. The predicted molar refractivity (Wildman–Crippen MR) is 80.5 cm³/mol. The number of aromatic nitrogens is 4. The van der Waals surface area contributed by atoms with Gasteiger partial charge in [-0.15, -0.1) is 0 Å². The number of nitrogens with zero attached hydrogens (tertiary/aromatic N) is 4. The second-order valence-corrected chi connectivity index (χ2v) is 4.97. The van der Waals surface area contributed by atoms with E-state index in [2.05, 4.69) is 56.7 Å². The maximum atomic E-state index is 4.58. The summed E-state index contributed by atoms with van der Waals surface area (Å²) < 4.78 is 3.11. The van der Waals surface area contributed by atoms with Gasteiger partial charge in [-0.2, -0.15) is 0 Å². The van der Waals surface area contributed by atoms with Gasteiger partial charge in [0.25, 0.3) is 0 Å². The van der Waals surface area contributed by atoms with E-state index >= 15 is 0 Å². The first kappa shape index (κ1) is 13.3. The molecule has 2 rings (SSSR count). The second-order valence-electron chi connectivity index (χ2n) is 3.89. The van der Waals surface area contributed by atoms with E-state index in [9.17, 15) is 0 Å². The van der Waals surface area contributed by atoms with Crippen molar-refractivity contribution in [3.8, 4) is 11.5 Å². The zero-order chi connectivity index (χ0) is 13.1. The summed E-state index contributed by atoms with van der Waals surface area (Å²) in [5, 5.41) is 3.27. The highest BCUT2D eigenvalue weighted by Crippen LogP contribution is 2.23. The van der Waals surface area contributed by atoms with E-state index in [1.807, 2.05) is 11.5 Å². The van der Waals surface area contributed by atoms with Gasteiger partial charge in [-0.1, -0.05) is 0 Å². The Kier molecular flexibility index (Phi) is 4.15. The quantitative estimate of drug-likeness (QED) is 0.855. The van der Waals surface area contributed by atoms with Crippen molar-refractivity contribution in [2.75, 3.05) is 11.9 Å². The van der Waals surface area contributed by atoms with Crippen LogP contribution in [0.25, 0.3) is 11.5 Å². The molecule has 0 aliphatic rings. The zero-order valence-electron chi connectivity index (χ0n) is 10.7. The zero-order valence-corrected chi connectivity index (χ0v) is 12.9. The van der Waals surface area contributed by atoms with Gasteiger partial charge in [-0.3, -0.25) is 0 Å². The first-order valence-corrected chi connectivity index (χ1v) is 7.03. The van der Waals surface area contributed by atoms with Crippen LogP contribution < -0.4 is 5.32 Å². The number of halogens is 1. The van der Waals surface area contributed by atoms with Crippen LogP contribution in [0.3, 0.4) is 0 Å². The first-order valence-electron chi connectivity index (χ1n) is 5.95. The molecular weight excluding hydrogens is 341 g/mol. The highest BCUT2D eigenvalue weighted by Gasteiger charge is 2.12. The third-order valence-electron chi connectivity index (χ3n) is 2.64. The van der Waals surface area contributed by atoms with E-state index in [1.54, 1.807) is 12.5 Å². The molecule has 1 N–H and O–H groups in total. The lowest BCUT2D eigenvalue weighted by Gasteiger charge is -2.10. The topological polar surface area (TPSA) is 55.6 Å². The summed E-state index contributed by atoms with van der Waals surface area (Å²) in [4.78, 5) is 13.3. The molecule has 2 aromatic heterocycles. The number of aryl methyl sites for hydroxylation is 2. The van der Waals surface area contributed by atoms with E-state index in [1.165, 1.54) is 0 Å². The number of rotatable bonds is 4. The third-order valence-corrected chi connectivity index (χ3v) is 3.93. The van der Waals surface area contributed by atoms with Crippen molar-refractivity contribution < 1.29 is 0 Å². The van der Waals surface area contributed by atoms with E-state index in [4.69, 9.17) is 0 Å². The van der Waals surface area contributed by atoms with Crippen LogP contribution in [0.5, 0.6) is 0 Å². The molecule has 0 aromatic carbocycles. The van der Waals surface area contributed by atoms with Gasteiger partial charge in [0.2, 0.25) is 0 Å². The molecule has 0 aliphatic carbocycles. The van der Waals surface area contributed by atoms with Crippen LogP contribution >= 0.6 is 22.6 Å². The number of imidazole rings is 1. The van der Waals surface area contributed by atoms with Crippen LogP contribution in [0.2, 0.25) is 0 Å². The molecule has 2 aromatic rings. The molecule has 5 nitrogen and oxygen atoms in total. The summed E-state index contributed by atoms with van der Waals surface area (Å²) in [6, 6.07) is 0. The molecule has 0 radical (unpaired) electrons. The number of anilines is 1. The standard InChI is InChI=1S/C12H16IN5/c1-4-15-12-10(13)8(3)16-11(17-12)9-6-14-7-18(9)5-2/h6-7H,4-5H2,1-3H3,(H,15,16,17). The molecule has 2 heterocycles. The van der Waals surface area contributed by atoms with Crippen LogP contribution in [-0.2, 0) is 6.54 Å². The van der Waals surface area contributed by atoms with Crippen molar-refractivity contribution in [2.45, 2.75) is 27.3 Å². The highest BCUT2D eigenvalue weighted by molar-refractivity contribution is 14.1. The largest absolute Gasteiger partial charge is 0.369 e. The van der Waals surface area contributed by atoms with E-state index in [0.717, 1.165) is 39.7 Å². The summed E-state index contributed by atoms with van der Waals surface area (Å²) >= 11 is 2.27. The lowest BCUT2D eigenvalue weighted by atomic mass is 10.3. The number of hydrogen-bond donors (Lipinski definition) is 1. The Morgan fingerprint density at radius 2 is 2.11 bits per heavy atom. The Labute approximate surface area is 120 Å². The van der Waals surface area contributed by atoms with Gasteiger partial charge < -0.3 is 9.88 Å². The summed E-state index contributed by atoms with van der Waals surface area (Å²) in [6.45, 7) is 7.85. The van der Waals surface area contributed by atoms with Crippen molar-refractivity contribution in [2.24, 2.45) is 0 Å². The molecule has 0 saturated heterocycles. The molecule has 6 heteroatoms. The van der Waals surface area contributed by atoms with Crippen LogP contribution in [0.15, 0.2) is 12.5 Å². The van der Waals surface area contributed by atoms with Gasteiger partial charge in [-0.25, -0.2) is 15.0 Å². The smallest absolute Gasteiger partial charge is 0.180 e. The molecule has 0 aliphatic heterocycles. The van der Waals surface area contributed by atoms with E-state index in [-0.39, 0.29) is 0 Å². The fourth-order valence-electron chi connectivity index (χ4n) is 1.72.